The number of hydrogen-bond acceptors (Lipinski definition) is 3. The third-order valence-electron chi connectivity index (χ3n) is 2.61. The van der Waals surface area contributed by atoms with E-state index >= 15 is 0 Å². The number of hydrogen-bond donors (Lipinski definition) is 0. The van der Waals surface area contributed by atoms with Gasteiger partial charge < -0.3 is 14.2 Å². The molecule has 1 rings (SSSR count). The fourth-order valence-corrected chi connectivity index (χ4v) is 2.48. The van der Waals surface area contributed by atoms with Gasteiger partial charge in [-0.3, -0.25) is 0 Å². The molecule has 0 heterocycles. The van der Waals surface area contributed by atoms with Crippen LogP contribution in [0.15, 0.2) is 0 Å². The first kappa shape index (κ1) is 13.4. The Bertz CT molecular complexity index is 155. The SMILES string of the molecule is COCCOCCOC1CCCCC1Br. The molecule has 1 aliphatic carbocycles. The van der Waals surface area contributed by atoms with Gasteiger partial charge in [-0.25, -0.2) is 0 Å². The zero-order chi connectivity index (χ0) is 10.9. The van der Waals surface area contributed by atoms with Crippen LogP contribution >= 0.6 is 15.9 Å². The van der Waals surface area contributed by atoms with Crippen molar-refractivity contribution in [3.63, 3.8) is 0 Å². The van der Waals surface area contributed by atoms with Crippen molar-refractivity contribution in [2.24, 2.45) is 0 Å². The topological polar surface area (TPSA) is 27.7 Å². The normalized spacial score (nSPS) is 26.8. The zero-order valence-corrected chi connectivity index (χ0v) is 11.0. The molecule has 90 valence electrons. The molecule has 0 aromatic heterocycles. The van der Waals surface area contributed by atoms with Crippen molar-refractivity contribution in [2.45, 2.75) is 36.6 Å². The lowest BCUT2D eigenvalue weighted by atomic mass is 9.98. The van der Waals surface area contributed by atoms with Crippen LogP contribution in [0.4, 0.5) is 0 Å². The molecule has 0 N–H and O–H groups in total. The number of methoxy groups -OCH3 is 1. The van der Waals surface area contributed by atoms with Gasteiger partial charge in [0.1, 0.15) is 0 Å². The van der Waals surface area contributed by atoms with Gasteiger partial charge in [0, 0.05) is 11.9 Å². The average Bonchev–Trinajstić information content (AvgIpc) is 2.25. The standard InChI is InChI=1S/C11H21BrO3/c1-13-6-7-14-8-9-15-11-5-3-2-4-10(11)12/h10-11H,2-9H2,1H3. The third-order valence-corrected chi connectivity index (χ3v) is 3.66. The van der Waals surface area contributed by atoms with E-state index in [1.807, 2.05) is 0 Å². The van der Waals surface area contributed by atoms with Gasteiger partial charge in [-0.2, -0.15) is 0 Å². The summed E-state index contributed by atoms with van der Waals surface area (Å²) in [6.45, 7) is 2.67. The molecule has 0 aromatic rings. The van der Waals surface area contributed by atoms with Crippen LogP contribution in [-0.2, 0) is 14.2 Å². The number of ether oxygens (including phenoxy) is 3. The first-order valence-corrected chi connectivity index (χ1v) is 6.58. The molecule has 4 heteroatoms. The number of halogens is 1. The van der Waals surface area contributed by atoms with Crippen LogP contribution in [0.1, 0.15) is 25.7 Å². The van der Waals surface area contributed by atoms with Crippen molar-refractivity contribution in [3.05, 3.63) is 0 Å². The van der Waals surface area contributed by atoms with Crippen LogP contribution in [0, 0.1) is 0 Å². The Morgan fingerprint density at radius 2 is 1.80 bits per heavy atom. The molecule has 0 radical (unpaired) electrons. The van der Waals surface area contributed by atoms with Crippen molar-refractivity contribution < 1.29 is 14.2 Å². The lowest BCUT2D eigenvalue weighted by molar-refractivity contribution is -0.0149. The van der Waals surface area contributed by atoms with E-state index in [0.29, 0.717) is 37.4 Å². The Kier molecular flexibility index (Phi) is 7.61. The number of alkyl halides is 1. The average molecular weight is 281 g/mol. The van der Waals surface area contributed by atoms with Crippen molar-refractivity contribution in [1.29, 1.82) is 0 Å². The van der Waals surface area contributed by atoms with E-state index in [0.717, 1.165) is 0 Å². The lowest BCUT2D eigenvalue weighted by Crippen LogP contribution is -2.29. The largest absolute Gasteiger partial charge is 0.382 e. The first-order chi connectivity index (χ1) is 7.34. The monoisotopic (exact) mass is 280 g/mol. The summed E-state index contributed by atoms with van der Waals surface area (Å²) in [6.07, 6.45) is 5.39. The van der Waals surface area contributed by atoms with Crippen molar-refractivity contribution in [2.75, 3.05) is 33.5 Å². The molecule has 3 nitrogen and oxygen atoms in total. The highest BCUT2D eigenvalue weighted by Crippen LogP contribution is 2.26. The number of rotatable bonds is 7. The first-order valence-electron chi connectivity index (χ1n) is 5.67. The van der Waals surface area contributed by atoms with Crippen LogP contribution in [0.5, 0.6) is 0 Å². The van der Waals surface area contributed by atoms with Crippen molar-refractivity contribution in [3.8, 4) is 0 Å². The fourth-order valence-electron chi connectivity index (χ4n) is 1.74. The molecule has 2 atom stereocenters. The Hall–Kier alpha value is 0.360. The van der Waals surface area contributed by atoms with Crippen LogP contribution < -0.4 is 0 Å². The Labute approximate surface area is 101 Å². The van der Waals surface area contributed by atoms with E-state index in [9.17, 15) is 0 Å². The quantitative estimate of drug-likeness (QED) is 0.529. The van der Waals surface area contributed by atoms with Crippen LogP contribution in [-0.4, -0.2) is 44.5 Å². The summed E-state index contributed by atoms with van der Waals surface area (Å²) in [5.41, 5.74) is 0. The molecular weight excluding hydrogens is 260 g/mol. The maximum absolute atomic E-state index is 5.76. The second-order valence-corrected chi connectivity index (χ2v) is 4.99. The van der Waals surface area contributed by atoms with Crippen LogP contribution in [0.25, 0.3) is 0 Å². The van der Waals surface area contributed by atoms with E-state index in [1.165, 1.54) is 25.7 Å². The highest BCUT2D eigenvalue weighted by molar-refractivity contribution is 9.09. The summed E-state index contributed by atoms with van der Waals surface area (Å²) in [5, 5.41) is 0. The molecule has 1 saturated carbocycles. The fraction of sp³-hybridized carbons (Fsp3) is 1.00. The van der Waals surface area contributed by atoms with E-state index in [4.69, 9.17) is 14.2 Å². The maximum Gasteiger partial charge on any atom is 0.0704 e. The van der Waals surface area contributed by atoms with E-state index in [2.05, 4.69) is 15.9 Å². The van der Waals surface area contributed by atoms with Gasteiger partial charge in [-0.05, 0) is 12.8 Å². The molecule has 15 heavy (non-hydrogen) atoms. The molecule has 2 unspecified atom stereocenters. The van der Waals surface area contributed by atoms with Gasteiger partial charge in [0.2, 0.25) is 0 Å². The molecule has 0 saturated heterocycles. The molecule has 0 bridgehead atoms. The van der Waals surface area contributed by atoms with E-state index < -0.39 is 0 Å². The van der Waals surface area contributed by atoms with Gasteiger partial charge >= 0.3 is 0 Å². The molecule has 0 aromatic carbocycles. The van der Waals surface area contributed by atoms with Crippen molar-refractivity contribution in [1.82, 2.24) is 0 Å². The summed E-state index contributed by atoms with van der Waals surface area (Å²) in [5.74, 6) is 0. The third kappa shape index (κ3) is 5.85. The Balaban J connectivity index is 1.94. The molecule has 0 spiro atoms. The Morgan fingerprint density at radius 1 is 1.07 bits per heavy atom. The van der Waals surface area contributed by atoms with Gasteiger partial charge in [0.05, 0.1) is 32.5 Å². The molecule has 0 amide bonds. The minimum atomic E-state index is 0.379. The lowest BCUT2D eigenvalue weighted by Gasteiger charge is -2.27. The Morgan fingerprint density at radius 3 is 2.53 bits per heavy atom. The van der Waals surface area contributed by atoms with Crippen LogP contribution in [0.3, 0.4) is 0 Å². The zero-order valence-electron chi connectivity index (χ0n) is 9.41. The summed E-state index contributed by atoms with van der Waals surface area (Å²) in [4.78, 5) is 0.533. The van der Waals surface area contributed by atoms with Gasteiger partial charge in [-0.15, -0.1) is 0 Å². The van der Waals surface area contributed by atoms with Crippen molar-refractivity contribution >= 4 is 15.9 Å². The van der Waals surface area contributed by atoms with Gasteiger partial charge in [0.25, 0.3) is 0 Å². The molecule has 1 fully saturated rings. The molecule has 0 aliphatic heterocycles. The minimum absolute atomic E-state index is 0.379. The smallest absolute Gasteiger partial charge is 0.0704 e. The minimum Gasteiger partial charge on any atom is -0.382 e. The molecular formula is C11H21BrO3. The van der Waals surface area contributed by atoms with Crippen LogP contribution in [0.2, 0.25) is 0 Å². The predicted molar refractivity (Wildman–Crippen MR) is 63.6 cm³/mol. The highest BCUT2D eigenvalue weighted by Gasteiger charge is 2.22. The highest BCUT2D eigenvalue weighted by atomic mass is 79.9. The van der Waals surface area contributed by atoms with E-state index in [-0.39, 0.29) is 0 Å². The maximum atomic E-state index is 5.76. The van der Waals surface area contributed by atoms with E-state index in [1.54, 1.807) is 7.11 Å². The summed E-state index contributed by atoms with van der Waals surface area (Å²) < 4.78 is 16.0. The molecule has 1 aliphatic rings. The summed E-state index contributed by atoms with van der Waals surface area (Å²) in [7, 11) is 1.68. The predicted octanol–water partition coefficient (Wildman–Crippen LogP) is 2.37. The summed E-state index contributed by atoms with van der Waals surface area (Å²) in [6, 6.07) is 0. The van der Waals surface area contributed by atoms with Gasteiger partial charge in [-0.1, -0.05) is 28.8 Å². The summed E-state index contributed by atoms with van der Waals surface area (Å²) >= 11 is 3.66. The van der Waals surface area contributed by atoms with Gasteiger partial charge in [0.15, 0.2) is 0 Å². The second-order valence-electron chi connectivity index (χ2n) is 3.81. The second kappa shape index (κ2) is 8.50.